The number of nitrogens with zero attached hydrogens (tertiary/aromatic N) is 1. The minimum Gasteiger partial charge on any atom is -0.493 e. The molecule has 6 heteroatoms. The van der Waals surface area contributed by atoms with Crippen molar-refractivity contribution in [2.45, 2.75) is 6.10 Å². The van der Waals surface area contributed by atoms with Crippen LogP contribution in [0.25, 0.3) is 0 Å². The van der Waals surface area contributed by atoms with Crippen LogP contribution in [0, 0.1) is 0 Å². The number of hydrogen-bond donors (Lipinski definition) is 0. The molecule has 1 amide bonds. The van der Waals surface area contributed by atoms with Gasteiger partial charge in [-0.15, -0.1) is 0 Å². The van der Waals surface area contributed by atoms with E-state index in [1.165, 1.54) is 0 Å². The molecule has 0 radical (unpaired) electrons. The lowest BCUT2D eigenvalue weighted by atomic mass is 10.1. The zero-order valence-corrected chi connectivity index (χ0v) is 14.7. The number of amides is 1. The van der Waals surface area contributed by atoms with E-state index in [1.807, 2.05) is 24.3 Å². The molecule has 2 aromatic carbocycles. The second kappa shape index (κ2) is 8.23. The summed E-state index contributed by atoms with van der Waals surface area (Å²) >= 11 is 5.88. The molecule has 1 aliphatic heterocycles. The minimum absolute atomic E-state index is 0.0257. The van der Waals surface area contributed by atoms with Gasteiger partial charge in [-0.3, -0.25) is 4.79 Å². The Labute approximate surface area is 152 Å². The Balaban J connectivity index is 1.59. The average molecular weight is 362 g/mol. The topological polar surface area (TPSA) is 48.0 Å². The molecule has 1 aliphatic rings. The van der Waals surface area contributed by atoms with Crippen LogP contribution in [0.3, 0.4) is 0 Å². The highest BCUT2D eigenvalue weighted by molar-refractivity contribution is 6.30. The van der Waals surface area contributed by atoms with Gasteiger partial charge < -0.3 is 19.1 Å². The Morgan fingerprint density at radius 3 is 2.64 bits per heavy atom. The second-order valence-electron chi connectivity index (χ2n) is 5.71. The van der Waals surface area contributed by atoms with Crippen LogP contribution in [0.5, 0.6) is 11.5 Å². The van der Waals surface area contributed by atoms with Crippen LogP contribution in [-0.4, -0.2) is 50.3 Å². The molecule has 25 heavy (non-hydrogen) atoms. The number of hydrogen-bond acceptors (Lipinski definition) is 4. The summed E-state index contributed by atoms with van der Waals surface area (Å²) in [5.41, 5.74) is 0.621. The first-order valence-electron chi connectivity index (χ1n) is 8.09. The van der Waals surface area contributed by atoms with Gasteiger partial charge in [-0.05, 0) is 36.4 Å². The van der Waals surface area contributed by atoms with Crippen molar-refractivity contribution in [3.8, 4) is 11.5 Å². The number of carbonyl (C=O) groups is 1. The largest absolute Gasteiger partial charge is 0.493 e. The first-order valence-corrected chi connectivity index (χ1v) is 8.47. The maximum atomic E-state index is 12.6. The molecule has 2 aromatic rings. The van der Waals surface area contributed by atoms with Gasteiger partial charge in [0.2, 0.25) is 0 Å². The molecule has 1 fully saturated rings. The van der Waals surface area contributed by atoms with E-state index in [2.05, 4.69) is 0 Å². The van der Waals surface area contributed by atoms with Gasteiger partial charge in [0.1, 0.15) is 12.7 Å². The zero-order chi connectivity index (χ0) is 17.6. The van der Waals surface area contributed by atoms with Gasteiger partial charge in [-0.2, -0.15) is 0 Å². The highest BCUT2D eigenvalue weighted by atomic mass is 35.5. The minimum atomic E-state index is -0.185. The third-order valence-corrected chi connectivity index (χ3v) is 4.26. The van der Waals surface area contributed by atoms with Gasteiger partial charge in [0.25, 0.3) is 5.91 Å². The third-order valence-electron chi connectivity index (χ3n) is 4.01. The fourth-order valence-electron chi connectivity index (χ4n) is 2.70. The van der Waals surface area contributed by atoms with E-state index in [4.69, 9.17) is 25.8 Å². The van der Waals surface area contributed by atoms with E-state index in [1.54, 1.807) is 36.3 Å². The molecular formula is C19H20ClNO4. The predicted octanol–water partition coefficient (Wildman–Crippen LogP) is 3.27. The molecule has 1 heterocycles. The molecule has 0 aromatic heterocycles. The SMILES string of the molecule is COc1ccccc1OCC1CN(C(=O)c2ccc(Cl)cc2)CCO1. The maximum absolute atomic E-state index is 12.6. The number of halogens is 1. The van der Waals surface area contributed by atoms with E-state index >= 15 is 0 Å². The van der Waals surface area contributed by atoms with Crippen LogP contribution in [0.4, 0.5) is 0 Å². The maximum Gasteiger partial charge on any atom is 0.254 e. The summed E-state index contributed by atoms with van der Waals surface area (Å²) in [5.74, 6) is 1.31. The Morgan fingerprint density at radius 1 is 1.20 bits per heavy atom. The Morgan fingerprint density at radius 2 is 1.92 bits per heavy atom. The van der Waals surface area contributed by atoms with Crippen LogP contribution < -0.4 is 9.47 Å². The number of benzene rings is 2. The standard InChI is InChI=1S/C19H20ClNO4/c1-23-17-4-2-3-5-18(17)25-13-16-12-21(10-11-24-16)19(22)14-6-8-15(20)9-7-14/h2-9,16H,10-13H2,1H3. The second-order valence-corrected chi connectivity index (χ2v) is 6.15. The number of ether oxygens (including phenoxy) is 3. The first-order chi connectivity index (χ1) is 12.2. The van der Waals surface area contributed by atoms with Gasteiger partial charge in [0.15, 0.2) is 11.5 Å². The third kappa shape index (κ3) is 4.44. The summed E-state index contributed by atoms with van der Waals surface area (Å²) in [6.45, 7) is 1.88. The van der Waals surface area contributed by atoms with Crippen LogP contribution in [0.1, 0.15) is 10.4 Å². The van der Waals surface area contributed by atoms with Gasteiger partial charge in [0, 0.05) is 17.1 Å². The Kier molecular flexibility index (Phi) is 5.79. The number of rotatable bonds is 5. The van der Waals surface area contributed by atoms with Crippen LogP contribution in [-0.2, 0) is 4.74 Å². The first kappa shape index (κ1) is 17.6. The summed E-state index contributed by atoms with van der Waals surface area (Å²) in [6.07, 6.45) is -0.185. The molecule has 1 saturated heterocycles. The molecule has 1 unspecified atom stereocenters. The highest BCUT2D eigenvalue weighted by Gasteiger charge is 2.25. The molecule has 1 atom stereocenters. The molecule has 5 nitrogen and oxygen atoms in total. The van der Waals surface area contributed by atoms with E-state index in [9.17, 15) is 4.79 Å². The van der Waals surface area contributed by atoms with Gasteiger partial charge >= 0.3 is 0 Å². The monoisotopic (exact) mass is 361 g/mol. The van der Waals surface area contributed by atoms with E-state index in [0.717, 1.165) is 0 Å². The summed E-state index contributed by atoms with van der Waals surface area (Å²) in [6, 6.07) is 14.4. The fraction of sp³-hybridized carbons (Fsp3) is 0.316. The van der Waals surface area contributed by atoms with Crippen molar-refractivity contribution in [3.63, 3.8) is 0 Å². The summed E-state index contributed by atoms with van der Waals surface area (Å²) in [5, 5.41) is 0.613. The van der Waals surface area contributed by atoms with Crippen molar-refractivity contribution >= 4 is 17.5 Å². The predicted molar refractivity (Wildman–Crippen MR) is 95.6 cm³/mol. The zero-order valence-electron chi connectivity index (χ0n) is 14.0. The lowest BCUT2D eigenvalue weighted by Gasteiger charge is -2.33. The number of methoxy groups -OCH3 is 1. The fourth-order valence-corrected chi connectivity index (χ4v) is 2.83. The Hall–Kier alpha value is -2.24. The van der Waals surface area contributed by atoms with E-state index in [0.29, 0.717) is 48.4 Å². The molecule has 0 N–H and O–H groups in total. The van der Waals surface area contributed by atoms with Crippen molar-refractivity contribution in [1.82, 2.24) is 4.90 Å². The number of morpholine rings is 1. The highest BCUT2D eigenvalue weighted by Crippen LogP contribution is 2.26. The van der Waals surface area contributed by atoms with Crippen molar-refractivity contribution in [2.75, 3.05) is 33.4 Å². The molecule has 132 valence electrons. The van der Waals surface area contributed by atoms with E-state index in [-0.39, 0.29) is 12.0 Å². The molecule has 0 spiro atoms. The Bertz CT molecular complexity index is 720. The summed E-state index contributed by atoms with van der Waals surface area (Å²) in [4.78, 5) is 14.4. The number of para-hydroxylation sites is 2. The lowest BCUT2D eigenvalue weighted by Crippen LogP contribution is -2.47. The average Bonchev–Trinajstić information content (AvgIpc) is 2.67. The van der Waals surface area contributed by atoms with Gasteiger partial charge in [-0.25, -0.2) is 0 Å². The van der Waals surface area contributed by atoms with Crippen molar-refractivity contribution in [2.24, 2.45) is 0 Å². The lowest BCUT2D eigenvalue weighted by molar-refractivity contribution is -0.0403. The smallest absolute Gasteiger partial charge is 0.254 e. The molecular weight excluding hydrogens is 342 g/mol. The van der Waals surface area contributed by atoms with Crippen molar-refractivity contribution in [3.05, 3.63) is 59.1 Å². The molecule has 0 saturated carbocycles. The van der Waals surface area contributed by atoms with Crippen molar-refractivity contribution in [1.29, 1.82) is 0 Å². The molecule has 0 aliphatic carbocycles. The van der Waals surface area contributed by atoms with Crippen LogP contribution in [0.2, 0.25) is 5.02 Å². The summed E-state index contributed by atoms with van der Waals surface area (Å²) in [7, 11) is 1.60. The van der Waals surface area contributed by atoms with Gasteiger partial charge in [-0.1, -0.05) is 23.7 Å². The molecule has 3 rings (SSSR count). The van der Waals surface area contributed by atoms with Crippen LogP contribution in [0.15, 0.2) is 48.5 Å². The van der Waals surface area contributed by atoms with Gasteiger partial charge in [0.05, 0.1) is 20.3 Å². The summed E-state index contributed by atoms with van der Waals surface area (Å²) < 4.78 is 16.8. The normalized spacial score (nSPS) is 17.2. The van der Waals surface area contributed by atoms with Crippen LogP contribution >= 0.6 is 11.6 Å². The number of carbonyl (C=O) groups excluding carboxylic acids is 1. The van der Waals surface area contributed by atoms with Crippen molar-refractivity contribution < 1.29 is 19.0 Å². The molecule has 0 bridgehead atoms. The quantitative estimate of drug-likeness (QED) is 0.820. The van der Waals surface area contributed by atoms with E-state index < -0.39 is 0 Å².